The van der Waals surface area contributed by atoms with Crippen LogP contribution in [0.2, 0.25) is 0 Å². The number of benzene rings is 1. The lowest BCUT2D eigenvalue weighted by Gasteiger charge is -2.44. The van der Waals surface area contributed by atoms with E-state index < -0.39 is 22.8 Å². The van der Waals surface area contributed by atoms with Crippen molar-refractivity contribution in [2.24, 2.45) is 5.92 Å². The number of esters is 1. The van der Waals surface area contributed by atoms with Gasteiger partial charge in [-0.25, -0.2) is 9.78 Å². The van der Waals surface area contributed by atoms with E-state index in [0.717, 1.165) is 31.2 Å². The Morgan fingerprint density at radius 1 is 1.27 bits per heavy atom. The average molecular weight is 415 g/mol. The Morgan fingerprint density at radius 3 is 2.53 bits per heavy atom. The van der Waals surface area contributed by atoms with Crippen LogP contribution in [0, 0.1) is 5.92 Å². The van der Waals surface area contributed by atoms with Gasteiger partial charge in [0.05, 0.1) is 19.3 Å². The number of hydrogen-bond acceptors (Lipinski definition) is 7. The van der Waals surface area contributed by atoms with Gasteiger partial charge in [-0.15, -0.1) is 0 Å². The molecule has 1 aromatic heterocycles. The average Bonchev–Trinajstić information content (AvgIpc) is 2.76. The molecule has 0 spiro atoms. The molecule has 8 nitrogen and oxygen atoms in total. The molecule has 0 radical (unpaired) electrons. The molecule has 0 bridgehead atoms. The van der Waals surface area contributed by atoms with Gasteiger partial charge in [-0.1, -0.05) is 30.3 Å². The summed E-state index contributed by atoms with van der Waals surface area (Å²) in [5.74, 6) is -0.774. The highest BCUT2D eigenvalue weighted by molar-refractivity contribution is 5.89. The number of carbonyl (C=O) groups is 1. The highest BCUT2D eigenvalue weighted by Gasteiger charge is 2.42. The van der Waals surface area contributed by atoms with Crippen LogP contribution in [0.15, 0.2) is 35.1 Å². The summed E-state index contributed by atoms with van der Waals surface area (Å²) >= 11 is 0. The van der Waals surface area contributed by atoms with Gasteiger partial charge in [0.25, 0.3) is 5.56 Å². The molecule has 0 aliphatic heterocycles. The molecule has 30 heavy (non-hydrogen) atoms. The summed E-state index contributed by atoms with van der Waals surface area (Å²) in [5.41, 5.74) is -0.483. The lowest BCUT2D eigenvalue weighted by atomic mass is 9.75. The quantitative estimate of drug-likeness (QED) is 0.669. The molecule has 2 N–H and O–H groups in total. The molecular formula is C22H29N3O5. The van der Waals surface area contributed by atoms with Crippen molar-refractivity contribution in [2.75, 3.05) is 27.8 Å². The third-order valence-electron chi connectivity index (χ3n) is 5.97. The van der Waals surface area contributed by atoms with Gasteiger partial charge in [-0.3, -0.25) is 9.69 Å². The Kier molecular flexibility index (Phi) is 6.89. The number of H-pyrrole nitrogens is 1. The van der Waals surface area contributed by atoms with Crippen molar-refractivity contribution in [2.45, 2.75) is 37.8 Å². The molecule has 0 atom stereocenters. The number of methoxy groups -OCH3 is 1. The fourth-order valence-electron chi connectivity index (χ4n) is 4.06. The van der Waals surface area contributed by atoms with Gasteiger partial charge in [0.2, 0.25) is 5.75 Å². The first kappa shape index (κ1) is 22.0. The normalized spacial score (nSPS) is 21.5. The first-order valence-electron chi connectivity index (χ1n) is 10.1. The van der Waals surface area contributed by atoms with Crippen LogP contribution in [-0.2, 0) is 21.6 Å². The van der Waals surface area contributed by atoms with Gasteiger partial charge >= 0.3 is 5.97 Å². The lowest BCUT2D eigenvalue weighted by Crippen LogP contribution is -2.47. The van der Waals surface area contributed by atoms with E-state index in [-0.39, 0.29) is 5.69 Å². The molecule has 1 fully saturated rings. The van der Waals surface area contributed by atoms with Crippen molar-refractivity contribution in [3.05, 3.63) is 57.8 Å². The van der Waals surface area contributed by atoms with Crippen LogP contribution in [0.1, 0.15) is 47.6 Å². The van der Waals surface area contributed by atoms with Crippen LogP contribution in [0.4, 0.5) is 0 Å². The third kappa shape index (κ3) is 4.55. The predicted octanol–water partition coefficient (Wildman–Crippen LogP) is 2.43. The maximum atomic E-state index is 12.2. The molecule has 3 rings (SSSR count). The number of nitrogens with one attached hydrogen (secondary N) is 1. The highest BCUT2D eigenvalue weighted by atomic mass is 16.5. The summed E-state index contributed by atoms with van der Waals surface area (Å²) in [6, 6.07) is 10.1. The summed E-state index contributed by atoms with van der Waals surface area (Å²) in [7, 11) is 5.04. The minimum absolute atomic E-state index is 0.356. The van der Waals surface area contributed by atoms with Gasteiger partial charge in [-0.05, 0) is 51.3 Å². The van der Waals surface area contributed by atoms with Crippen molar-refractivity contribution >= 4 is 5.97 Å². The second kappa shape index (κ2) is 9.40. The summed E-state index contributed by atoms with van der Waals surface area (Å²) in [4.78, 5) is 33.2. The predicted molar refractivity (Wildman–Crippen MR) is 111 cm³/mol. The number of ether oxygens (including phenoxy) is 2. The third-order valence-corrected chi connectivity index (χ3v) is 5.97. The van der Waals surface area contributed by atoms with Gasteiger partial charge in [0.1, 0.15) is 5.82 Å². The van der Waals surface area contributed by atoms with Gasteiger partial charge in [-0.2, -0.15) is 0 Å². The zero-order valence-electron chi connectivity index (χ0n) is 17.7. The molecule has 1 heterocycles. The second-order valence-electron chi connectivity index (χ2n) is 7.97. The SMILES string of the molecule is COC(=O)c1nc(C2(N(C)C)CCC(COCc3ccccc3)CC2)[nH]c(=O)c1O. The monoisotopic (exact) mass is 415 g/mol. The first-order valence-corrected chi connectivity index (χ1v) is 10.1. The largest absolute Gasteiger partial charge is 0.501 e. The number of aromatic nitrogens is 2. The molecule has 8 heteroatoms. The molecule has 0 unspecified atom stereocenters. The van der Waals surface area contributed by atoms with Crippen molar-refractivity contribution < 1.29 is 19.4 Å². The van der Waals surface area contributed by atoms with Gasteiger partial charge in [0.15, 0.2) is 5.69 Å². The first-order chi connectivity index (χ1) is 14.4. The van der Waals surface area contributed by atoms with E-state index in [0.29, 0.717) is 25.0 Å². The van der Waals surface area contributed by atoms with Crippen molar-refractivity contribution in [1.29, 1.82) is 0 Å². The number of aromatic hydroxyl groups is 1. The van der Waals surface area contributed by atoms with Crippen LogP contribution < -0.4 is 5.56 Å². The highest BCUT2D eigenvalue weighted by Crippen LogP contribution is 2.41. The smallest absolute Gasteiger partial charge is 0.360 e. The molecular weight excluding hydrogens is 386 g/mol. The fraction of sp³-hybridized carbons (Fsp3) is 0.500. The minimum atomic E-state index is -0.836. The summed E-state index contributed by atoms with van der Waals surface area (Å²) in [6.07, 6.45) is 3.28. The van der Waals surface area contributed by atoms with Crippen LogP contribution >= 0.6 is 0 Å². The molecule has 1 aliphatic rings. The van der Waals surface area contributed by atoms with E-state index in [1.54, 1.807) is 0 Å². The Morgan fingerprint density at radius 2 is 1.93 bits per heavy atom. The maximum absolute atomic E-state index is 12.2. The summed E-state index contributed by atoms with van der Waals surface area (Å²) in [6.45, 7) is 1.26. The fourth-order valence-corrected chi connectivity index (χ4v) is 4.06. The molecule has 0 saturated heterocycles. The van der Waals surface area contributed by atoms with Crippen molar-refractivity contribution in [1.82, 2.24) is 14.9 Å². The Bertz CT molecular complexity index is 918. The lowest BCUT2D eigenvalue weighted by molar-refractivity contribution is 0.0242. The maximum Gasteiger partial charge on any atom is 0.360 e. The van der Waals surface area contributed by atoms with Gasteiger partial charge in [0, 0.05) is 6.61 Å². The van der Waals surface area contributed by atoms with E-state index in [4.69, 9.17) is 4.74 Å². The molecule has 162 valence electrons. The Balaban J connectivity index is 1.72. The van der Waals surface area contributed by atoms with Crippen LogP contribution in [-0.4, -0.2) is 53.8 Å². The van der Waals surface area contributed by atoms with Crippen molar-refractivity contribution in [3.63, 3.8) is 0 Å². The molecule has 1 aromatic carbocycles. The van der Waals surface area contributed by atoms with Crippen LogP contribution in [0.5, 0.6) is 5.75 Å². The summed E-state index contributed by atoms with van der Waals surface area (Å²) < 4.78 is 10.6. The molecule has 1 saturated carbocycles. The Labute approximate surface area is 175 Å². The van der Waals surface area contributed by atoms with Crippen LogP contribution in [0.3, 0.4) is 0 Å². The second-order valence-corrected chi connectivity index (χ2v) is 7.97. The zero-order chi connectivity index (χ0) is 21.7. The topological polar surface area (TPSA) is 105 Å². The van der Waals surface area contributed by atoms with E-state index in [1.807, 2.05) is 49.3 Å². The molecule has 2 aromatic rings. The number of aromatic amines is 1. The molecule has 1 aliphatic carbocycles. The Hall–Kier alpha value is -2.71. The zero-order valence-corrected chi connectivity index (χ0v) is 17.7. The van der Waals surface area contributed by atoms with E-state index >= 15 is 0 Å². The molecule has 0 amide bonds. The van der Waals surface area contributed by atoms with E-state index in [2.05, 4.69) is 14.7 Å². The number of carbonyl (C=O) groups excluding carboxylic acids is 1. The van der Waals surface area contributed by atoms with Crippen LogP contribution in [0.25, 0.3) is 0 Å². The number of nitrogens with zero attached hydrogens (tertiary/aromatic N) is 2. The standard InChI is InChI=1S/C22H29N3O5/c1-25(2)22(21-23-17(20(28)29-3)18(26)19(27)24-21)11-9-16(10-12-22)14-30-13-15-7-5-4-6-8-15/h4-8,16,26H,9-14H2,1-3H3,(H,23,24,27). The van der Waals surface area contributed by atoms with E-state index in [1.165, 1.54) is 7.11 Å². The van der Waals surface area contributed by atoms with Crippen molar-refractivity contribution in [3.8, 4) is 5.75 Å². The number of hydrogen-bond donors (Lipinski definition) is 2. The minimum Gasteiger partial charge on any atom is -0.501 e. The van der Waals surface area contributed by atoms with E-state index in [9.17, 15) is 14.7 Å². The summed E-state index contributed by atoms with van der Waals surface area (Å²) in [5, 5.41) is 9.94. The number of rotatable bonds is 7. The van der Waals surface area contributed by atoms with Gasteiger partial charge < -0.3 is 19.6 Å².